The standard InChI is InChI=1S/C16H19N3O3S/c1-21-14-5-3-2-4-12(14)13-10-23-16(18-13)19-15(20)8-11-9-22-7-6-17-11/h2-5,10-11,17H,6-9H2,1H3,(H,18,19,20). The van der Waals surface area contributed by atoms with Crippen molar-refractivity contribution < 1.29 is 14.3 Å². The summed E-state index contributed by atoms with van der Waals surface area (Å²) in [5.74, 6) is 0.702. The van der Waals surface area contributed by atoms with Crippen LogP contribution < -0.4 is 15.4 Å². The first-order chi connectivity index (χ1) is 11.3. The van der Waals surface area contributed by atoms with Crippen molar-refractivity contribution in [2.24, 2.45) is 0 Å². The van der Waals surface area contributed by atoms with Crippen molar-refractivity contribution >= 4 is 22.4 Å². The van der Waals surface area contributed by atoms with Gasteiger partial charge in [0, 0.05) is 30.0 Å². The first kappa shape index (κ1) is 15.9. The molecule has 6 nitrogen and oxygen atoms in total. The number of thiazole rings is 1. The smallest absolute Gasteiger partial charge is 0.227 e. The average molecular weight is 333 g/mol. The Hall–Kier alpha value is -1.96. The van der Waals surface area contributed by atoms with Gasteiger partial charge in [0.1, 0.15) is 5.75 Å². The molecule has 1 fully saturated rings. The van der Waals surface area contributed by atoms with Gasteiger partial charge in [0.2, 0.25) is 5.91 Å². The van der Waals surface area contributed by atoms with Gasteiger partial charge >= 0.3 is 0 Å². The van der Waals surface area contributed by atoms with E-state index in [1.807, 2.05) is 29.6 Å². The highest BCUT2D eigenvalue weighted by Crippen LogP contribution is 2.31. The third kappa shape index (κ3) is 4.07. The molecule has 1 aliphatic rings. The van der Waals surface area contributed by atoms with Gasteiger partial charge in [-0.3, -0.25) is 4.79 Å². The summed E-state index contributed by atoms with van der Waals surface area (Å²) in [6.07, 6.45) is 0.379. The van der Waals surface area contributed by atoms with Crippen molar-refractivity contribution in [1.29, 1.82) is 0 Å². The number of ether oxygens (including phenoxy) is 2. The monoisotopic (exact) mass is 333 g/mol. The maximum Gasteiger partial charge on any atom is 0.227 e. The zero-order valence-electron chi connectivity index (χ0n) is 12.9. The highest BCUT2D eigenvalue weighted by Gasteiger charge is 2.18. The Kier molecular flexibility index (Phi) is 5.22. The summed E-state index contributed by atoms with van der Waals surface area (Å²) in [5, 5.41) is 8.61. The minimum atomic E-state index is -0.0612. The normalized spacial score (nSPS) is 17.7. The fourth-order valence-corrected chi connectivity index (χ4v) is 3.18. The van der Waals surface area contributed by atoms with Gasteiger partial charge in [0.25, 0.3) is 0 Å². The molecule has 1 atom stereocenters. The molecule has 1 amide bonds. The Morgan fingerprint density at radius 2 is 2.39 bits per heavy atom. The number of aromatic nitrogens is 1. The van der Waals surface area contributed by atoms with E-state index >= 15 is 0 Å². The number of morpholine rings is 1. The lowest BCUT2D eigenvalue weighted by Gasteiger charge is -2.22. The summed E-state index contributed by atoms with van der Waals surface area (Å²) in [6.45, 7) is 2.05. The van der Waals surface area contributed by atoms with E-state index < -0.39 is 0 Å². The number of carbonyl (C=O) groups excluding carboxylic acids is 1. The summed E-state index contributed by atoms with van der Waals surface area (Å²) < 4.78 is 10.7. The van der Waals surface area contributed by atoms with E-state index in [0.717, 1.165) is 23.6 Å². The molecule has 1 aliphatic heterocycles. The molecule has 7 heteroatoms. The van der Waals surface area contributed by atoms with E-state index in [1.165, 1.54) is 11.3 Å². The second-order valence-electron chi connectivity index (χ2n) is 5.22. The van der Waals surface area contributed by atoms with Crippen molar-refractivity contribution in [1.82, 2.24) is 10.3 Å². The van der Waals surface area contributed by atoms with Crippen molar-refractivity contribution in [3.8, 4) is 17.0 Å². The molecule has 0 saturated carbocycles. The Labute approximate surface area is 138 Å². The number of amides is 1. The molecule has 1 unspecified atom stereocenters. The maximum atomic E-state index is 12.1. The van der Waals surface area contributed by atoms with Gasteiger partial charge in [0.15, 0.2) is 5.13 Å². The lowest BCUT2D eigenvalue weighted by atomic mass is 10.1. The van der Waals surface area contributed by atoms with Crippen molar-refractivity contribution in [2.75, 3.05) is 32.2 Å². The molecule has 1 saturated heterocycles. The van der Waals surface area contributed by atoms with Crippen LogP contribution in [0.1, 0.15) is 6.42 Å². The van der Waals surface area contributed by atoms with E-state index in [-0.39, 0.29) is 11.9 Å². The van der Waals surface area contributed by atoms with E-state index in [2.05, 4.69) is 15.6 Å². The number of hydrogen-bond donors (Lipinski definition) is 2. The summed E-state index contributed by atoms with van der Waals surface area (Å²) in [7, 11) is 1.63. The molecule has 2 aromatic rings. The first-order valence-electron chi connectivity index (χ1n) is 7.46. The minimum absolute atomic E-state index is 0.0612. The Bertz CT molecular complexity index is 668. The van der Waals surface area contributed by atoms with Crippen LogP contribution in [-0.4, -0.2) is 43.8 Å². The predicted molar refractivity (Wildman–Crippen MR) is 90.0 cm³/mol. The minimum Gasteiger partial charge on any atom is -0.496 e. The van der Waals surface area contributed by atoms with E-state index in [1.54, 1.807) is 7.11 Å². The van der Waals surface area contributed by atoms with Crippen LogP contribution in [-0.2, 0) is 9.53 Å². The number of carbonyl (C=O) groups is 1. The highest BCUT2D eigenvalue weighted by molar-refractivity contribution is 7.14. The second kappa shape index (κ2) is 7.54. The van der Waals surface area contributed by atoms with Crippen LogP contribution in [0, 0.1) is 0 Å². The van der Waals surface area contributed by atoms with Gasteiger partial charge in [-0.1, -0.05) is 12.1 Å². The van der Waals surface area contributed by atoms with Crippen LogP contribution in [0.5, 0.6) is 5.75 Å². The van der Waals surface area contributed by atoms with Gasteiger partial charge in [-0.2, -0.15) is 0 Å². The molecular weight excluding hydrogens is 314 g/mol. The Morgan fingerprint density at radius 1 is 1.52 bits per heavy atom. The van der Waals surface area contributed by atoms with Crippen molar-refractivity contribution in [3.63, 3.8) is 0 Å². The number of para-hydroxylation sites is 1. The van der Waals surface area contributed by atoms with E-state index in [4.69, 9.17) is 9.47 Å². The van der Waals surface area contributed by atoms with Crippen LogP contribution >= 0.6 is 11.3 Å². The predicted octanol–water partition coefficient (Wildman–Crippen LogP) is 2.14. The molecule has 2 heterocycles. The zero-order chi connectivity index (χ0) is 16.1. The second-order valence-corrected chi connectivity index (χ2v) is 6.07. The maximum absolute atomic E-state index is 12.1. The Morgan fingerprint density at radius 3 is 3.17 bits per heavy atom. The molecule has 122 valence electrons. The lowest BCUT2D eigenvalue weighted by molar-refractivity contribution is -0.117. The molecule has 3 rings (SSSR count). The molecule has 1 aromatic carbocycles. The summed E-state index contributed by atoms with van der Waals surface area (Å²) >= 11 is 1.40. The van der Waals surface area contributed by atoms with Gasteiger partial charge in [-0.25, -0.2) is 4.98 Å². The molecule has 0 spiro atoms. The summed E-state index contributed by atoms with van der Waals surface area (Å²) in [5.41, 5.74) is 1.70. The van der Waals surface area contributed by atoms with E-state index in [9.17, 15) is 4.79 Å². The molecule has 0 bridgehead atoms. The van der Waals surface area contributed by atoms with Crippen LogP contribution in [0.4, 0.5) is 5.13 Å². The molecule has 1 aromatic heterocycles. The van der Waals surface area contributed by atoms with Crippen LogP contribution in [0.3, 0.4) is 0 Å². The Balaban J connectivity index is 1.63. The van der Waals surface area contributed by atoms with Gasteiger partial charge in [-0.15, -0.1) is 11.3 Å². The number of anilines is 1. The number of rotatable bonds is 5. The summed E-state index contributed by atoms with van der Waals surface area (Å²) in [4.78, 5) is 16.6. The van der Waals surface area contributed by atoms with Crippen molar-refractivity contribution in [2.45, 2.75) is 12.5 Å². The van der Waals surface area contributed by atoms with Crippen LogP contribution in [0.25, 0.3) is 11.3 Å². The van der Waals surface area contributed by atoms with E-state index in [0.29, 0.717) is 24.8 Å². The number of methoxy groups -OCH3 is 1. The molecule has 2 N–H and O–H groups in total. The topological polar surface area (TPSA) is 72.5 Å². The number of benzene rings is 1. The number of nitrogens with one attached hydrogen (secondary N) is 2. The number of nitrogens with zero attached hydrogens (tertiary/aromatic N) is 1. The first-order valence-corrected chi connectivity index (χ1v) is 8.34. The van der Waals surface area contributed by atoms with Crippen LogP contribution in [0.15, 0.2) is 29.6 Å². The van der Waals surface area contributed by atoms with Gasteiger partial charge in [0.05, 0.1) is 26.0 Å². The number of hydrogen-bond acceptors (Lipinski definition) is 6. The third-order valence-electron chi connectivity index (χ3n) is 3.56. The van der Waals surface area contributed by atoms with Gasteiger partial charge in [-0.05, 0) is 12.1 Å². The zero-order valence-corrected chi connectivity index (χ0v) is 13.7. The quantitative estimate of drug-likeness (QED) is 0.877. The fraction of sp³-hybridized carbons (Fsp3) is 0.375. The molecule has 23 heavy (non-hydrogen) atoms. The summed E-state index contributed by atoms with van der Waals surface area (Å²) in [6, 6.07) is 7.75. The lowest BCUT2D eigenvalue weighted by Crippen LogP contribution is -2.43. The average Bonchev–Trinajstić information content (AvgIpc) is 3.03. The largest absolute Gasteiger partial charge is 0.496 e. The van der Waals surface area contributed by atoms with Gasteiger partial charge < -0.3 is 20.1 Å². The fourth-order valence-electron chi connectivity index (χ4n) is 2.46. The third-order valence-corrected chi connectivity index (χ3v) is 4.32. The van der Waals surface area contributed by atoms with Crippen LogP contribution in [0.2, 0.25) is 0 Å². The van der Waals surface area contributed by atoms with Crippen molar-refractivity contribution in [3.05, 3.63) is 29.6 Å². The molecule has 0 radical (unpaired) electrons. The highest BCUT2D eigenvalue weighted by atomic mass is 32.1. The molecule has 0 aliphatic carbocycles. The molecular formula is C16H19N3O3S. The SMILES string of the molecule is COc1ccccc1-c1csc(NC(=O)CC2COCCN2)n1.